The Kier molecular flexibility index (Phi) is 9.23. The molecule has 0 saturated heterocycles. The molecule has 2 heterocycles. The Bertz CT molecular complexity index is 5190. The lowest BCUT2D eigenvalue weighted by Crippen LogP contribution is -2.14. The summed E-state index contributed by atoms with van der Waals surface area (Å²) in [5, 5.41) is 14.6. The fraction of sp³-hybridized carbons (Fsp3) is 0.100. The normalized spacial score (nSPS) is 15.3. The van der Waals surface area contributed by atoms with E-state index in [2.05, 4.69) is 258 Å². The van der Waals surface area contributed by atoms with Crippen LogP contribution in [0.2, 0.25) is 0 Å². The maximum atomic E-state index is 7.12. The second kappa shape index (κ2) is 16.4. The van der Waals surface area contributed by atoms with E-state index in [0.717, 1.165) is 62.6 Å². The van der Waals surface area contributed by atoms with Gasteiger partial charge in [0, 0.05) is 32.6 Å². The first-order valence-corrected chi connectivity index (χ1v) is 29.1. The van der Waals surface area contributed by atoms with Crippen molar-refractivity contribution in [3.05, 3.63) is 270 Å². The molecule has 0 bridgehead atoms. The highest BCUT2D eigenvalue weighted by molar-refractivity contribution is 6.26. The summed E-state index contributed by atoms with van der Waals surface area (Å²) in [7, 11) is 0. The number of furan rings is 1. The zero-order chi connectivity index (χ0) is 54.3. The molecule has 3 aliphatic carbocycles. The summed E-state index contributed by atoms with van der Waals surface area (Å²) in [6.07, 6.45) is 4.08. The molecule has 0 fully saturated rings. The van der Waals surface area contributed by atoms with Crippen LogP contribution in [-0.2, 0) is 10.8 Å². The van der Waals surface area contributed by atoms with Crippen molar-refractivity contribution in [1.82, 2.24) is 0 Å². The molecular weight excluding hydrogens is 993 g/mol. The van der Waals surface area contributed by atoms with Gasteiger partial charge in [0.25, 0.3) is 0 Å². The molecule has 0 radical (unpaired) electrons. The Labute approximate surface area is 475 Å². The lowest BCUT2D eigenvalue weighted by molar-refractivity contribution is 0.445. The van der Waals surface area contributed by atoms with Crippen molar-refractivity contribution in [2.75, 3.05) is 0 Å². The van der Waals surface area contributed by atoms with E-state index in [0.29, 0.717) is 0 Å². The third-order valence-electron chi connectivity index (χ3n) is 19.6. The summed E-state index contributed by atoms with van der Waals surface area (Å²) >= 11 is 0. The van der Waals surface area contributed by atoms with E-state index < -0.39 is 0 Å². The van der Waals surface area contributed by atoms with Crippen LogP contribution in [0.15, 0.2) is 241 Å². The molecule has 0 spiro atoms. The first-order valence-electron chi connectivity index (χ1n) is 29.1. The van der Waals surface area contributed by atoms with Crippen molar-refractivity contribution in [2.45, 2.75) is 51.4 Å². The van der Waals surface area contributed by atoms with Gasteiger partial charge in [-0.1, -0.05) is 216 Å². The van der Waals surface area contributed by atoms with E-state index in [9.17, 15) is 0 Å². The van der Waals surface area contributed by atoms with Crippen molar-refractivity contribution in [3.63, 3.8) is 0 Å². The highest BCUT2D eigenvalue weighted by atomic mass is 16.5. The van der Waals surface area contributed by atoms with Gasteiger partial charge in [0.1, 0.15) is 22.7 Å². The summed E-state index contributed by atoms with van der Waals surface area (Å²) < 4.78 is 14.2. The van der Waals surface area contributed by atoms with Gasteiger partial charge in [-0.05, 0) is 198 Å². The number of fused-ring (bicyclic) bond motifs is 15. The average molecular weight is 1050 g/mol. The Morgan fingerprint density at radius 2 is 0.756 bits per heavy atom. The highest BCUT2D eigenvalue weighted by Gasteiger charge is 2.38. The first kappa shape index (κ1) is 46.0. The summed E-state index contributed by atoms with van der Waals surface area (Å²) in [6.45, 7) is 9.49. The number of benzene rings is 13. The number of rotatable bonds is 4. The summed E-state index contributed by atoms with van der Waals surface area (Å²) in [4.78, 5) is 0. The van der Waals surface area contributed by atoms with Crippen LogP contribution < -0.4 is 4.74 Å². The first-order chi connectivity index (χ1) is 40.2. The van der Waals surface area contributed by atoms with Crippen LogP contribution in [0.5, 0.6) is 5.75 Å². The van der Waals surface area contributed by atoms with E-state index in [1.165, 1.54) is 138 Å². The summed E-state index contributed by atoms with van der Waals surface area (Å²) in [5.74, 6) is 1.81. The molecule has 4 aliphatic rings. The highest BCUT2D eigenvalue weighted by Crippen LogP contribution is 2.55. The predicted octanol–water partition coefficient (Wildman–Crippen LogP) is 21.9. The molecule has 0 saturated carbocycles. The van der Waals surface area contributed by atoms with Crippen molar-refractivity contribution in [1.29, 1.82) is 0 Å². The molecule has 0 N–H and O–H groups in total. The molecule has 1 aromatic heterocycles. The largest absolute Gasteiger partial charge is 0.456 e. The van der Waals surface area contributed by atoms with Crippen LogP contribution in [0.1, 0.15) is 73.9 Å². The standard InChI is InChI=1S/C80H54O2/c1-79(2)65-29-15-13-18-49(65)51-36-32-45(40-67(51)79)73-54-20-5-9-24-58(54)75(59-25-10-6-21-55(59)73)47-34-38-53-64-44-72-77(63-28-17-31-69(78(63)64)81-70(53)42-47)62-39-35-48(43-71(62)82-72)76-60-26-11-7-22-56(60)74(57-23-8-12-27-61(57)76)46-33-37-52-50-19-14-16-30-66(50)80(3,4)68(52)41-46/h5-33,35-37,39-44H,34,38H2,1-4H3. The molecule has 0 atom stereocenters. The van der Waals surface area contributed by atoms with Gasteiger partial charge >= 0.3 is 0 Å². The Hall–Kier alpha value is -9.76. The average Bonchev–Trinajstić information content (AvgIpc) is 2.09. The lowest BCUT2D eigenvalue weighted by atomic mass is 9.79. The van der Waals surface area contributed by atoms with Gasteiger partial charge in [-0.15, -0.1) is 0 Å². The third kappa shape index (κ3) is 6.14. The summed E-state index contributed by atoms with van der Waals surface area (Å²) in [5.41, 5.74) is 25.0. The molecular formula is C80H54O2. The molecule has 14 aromatic rings. The smallest absolute Gasteiger partial charge is 0.136 e. The third-order valence-corrected chi connectivity index (χ3v) is 19.6. The van der Waals surface area contributed by atoms with Crippen LogP contribution in [-0.4, -0.2) is 0 Å². The van der Waals surface area contributed by atoms with Gasteiger partial charge in [-0.25, -0.2) is 0 Å². The zero-order valence-corrected chi connectivity index (χ0v) is 46.2. The fourth-order valence-corrected chi connectivity index (χ4v) is 15.8. The maximum absolute atomic E-state index is 7.12. The van der Waals surface area contributed by atoms with Gasteiger partial charge in [-0.2, -0.15) is 0 Å². The molecule has 386 valence electrons. The van der Waals surface area contributed by atoms with Gasteiger partial charge < -0.3 is 9.15 Å². The molecule has 82 heavy (non-hydrogen) atoms. The van der Waals surface area contributed by atoms with Crippen molar-refractivity contribution in [2.24, 2.45) is 0 Å². The minimum atomic E-state index is -0.0966. The van der Waals surface area contributed by atoms with Crippen molar-refractivity contribution >= 4 is 86.9 Å². The van der Waals surface area contributed by atoms with Crippen LogP contribution >= 0.6 is 0 Å². The molecule has 2 heteroatoms. The van der Waals surface area contributed by atoms with Crippen molar-refractivity contribution in [3.8, 4) is 61.4 Å². The molecule has 13 aromatic carbocycles. The minimum Gasteiger partial charge on any atom is -0.456 e. The van der Waals surface area contributed by atoms with Gasteiger partial charge in [0.15, 0.2) is 0 Å². The quantitative estimate of drug-likeness (QED) is 0.164. The molecule has 18 rings (SSSR count). The molecule has 2 nitrogen and oxygen atoms in total. The maximum Gasteiger partial charge on any atom is 0.136 e. The van der Waals surface area contributed by atoms with E-state index in [4.69, 9.17) is 9.15 Å². The lowest BCUT2D eigenvalue weighted by Gasteiger charge is -2.28. The zero-order valence-electron chi connectivity index (χ0n) is 46.2. The van der Waals surface area contributed by atoms with Gasteiger partial charge in [0.2, 0.25) is 0 Å². The van der Waals surface area contributed by atoms with E-state index in [1.807, 2.05) is 0 Å². The number of allylic oxidation sites excluding steroid dienone is 3. The topological polar surface area (TPSA) is 22.4 Å². The van der Waals surface area contributed by atoms with Gasteiger partial charge in [0.05, 0.1) is 0 Å². The Balaban J connectivity index is 0.764. The van der Waals surface area contributed by atoms with E-state index in [1.54, 1.807) is 0 Å². The number of hydrogen-bond acceptors (Lipinski definition) is 2. The molecule has 0 unspecified atom stereocenters. The van der Waals surface area contributed by atoms with Gasteiger partial charge in [-0.3, -0.25) is 0 Å². The minimum absolute atomic E-state index is 0.0923. The molecule has 0 amide bonds. The van der Waals surface area contributed by atoms with E-state index in [-0.39, 0.29) is 10.8 Å². The predicted molar refractivity (Wildman–Crippen MR) is 344 cm³/mol. The van der Waals surface area contributed by atoms with Crippen LogP contribution in [0.4, 0.5) is 0 Å². The SMILES string of the molecule is CC1(C)c2ccccc2-c2ccc(-c3c4ccccc4c(C4=CC5=C(CC4)c4cc6oc7cc(-c8c9ccccc9c(-c9ccc%10c(c9)C(C)(C)c9ccccc9-%10)c9ccccc89)ccc7c6c6cccc(c46)O5)c4ccccc34)cc21. The summed E-state index contributed by atoms with van der Waals surface area (Å²) in [6, 6.07) is 84.0. The van der Waals surface area contributed by atoms with Crippen molar-refractivity contribution < 1.29 is 9.15 Å². The number of hydrogen-bond donors (Lipinski definition) is 0. The Morgan fingerprint density at radius 1 is 0.317 bits per heavy atom. The number of ether oxygens (including phenoxy) is 1. The Morgan fingerprint density at radius 3 is 1.28 bits per heavy atom. The second-order valence-corrected chi connectivity index (χ2v) is 24.4. The monoisotopic (exact) mass is 1050 g/mol. The van der Waals surface area contributed by atoms with Crippen LogP contribution in [0.25, 0.3) is 143 Å². The van der Waals surface area contributed by atoms with E-state index >= 15 is 0 Å². The molecule has 1 aliphatic heterocycles. The fourth-order valence-electron chi connectivity index (χ4n) is 15.8. The van der Waals surface area contributed by atoms with Crippen LogP contribution in [0, 0.1) is 0 Å². The van der Waals surface area contributed by atoms with Crippen LogP contribution in [0.3, 0.4) is 0 Å². The second-order valence-electron chi connectivity index (χ2n) is 24.4.